The summed E-state index contributed by atoms with van der Waals surface area (Å²) in [6.45, 7) is 4.30. The van der Waals surface area contributed by atoms with Crippen LogP contribution in [-0.4, -0.2) is 50.7 Å². The predicted octanol–water partition coefficient (Wildman–Crippen LogP) is 1.75. The predicted molar refractivity (Wildman–Crippen MR) is 104 cm³/mol. The summed E-state index contributed by atoms with van der Waals surface area (Å²) in [5, 5.41) is 5.58. The van der Waals surface area contributed by atoms with Crippen molar-refractivity contribution in [2.45, 2.75) is 50.5 Å². The molecular formula is C19H29N3O4S. The van der Waals surface area contributed by atoms with Gasteiger partial charge in [-0.3, -0.25) is 9.59 Å². The van der Waals surface area contributed by atoms with Crippen molar-refractivity contribution in [1.29, 1.82) is 0 Å². The van der Waals surface area contributed by atoms with Crippen LogP contribution in [0, 0.1) is 5.92 Å². The maximum Gasteiger partial charge on any atom is 0.251 e. The van der Waals surface area contributed by atoms with E-state index in [1.54, 1.807) is 13.8 Å². The summed E-state index contributed by atoms with van der Waals surface area (Å²) in [6, 6.07) is 5.70. The standard InChI is InChI=1S/C19H29N3O4S/c1-14(2)22(3)27(25,26)17-10-8-16(9-11-17)19(24)21-13-12-20-18(23)15-6-4-5-7-15/h8-11,14-15H,4-7,12-13H2,1-3H3,(H,20,23)(H,21,24). The Balaban J connectivity index is 1.84. The molecule has 2 amide bonds. The highest BCUT2D eigenvalue weighted by atomic mass is 32.2. The highest BCUT2D eigenvalue weighted by molar-refractivity contribution is 7.89. The Labute approximate surface area is 161 Å². The molecule has 1 saturated carbocycles. The average molecular weight is 396 g/mol. The molecule has 1 aliphatic carbocycles. The van der Waals surface area contributed by atoms with Gasteiger partial charge >= 0.3 is 0 Å². The van der Waals surface area contributed by atoms with Crippen LogP contribution < -0.4 is 10.6 Å². The van der Waals surface area contributed by atoms with E-state index >= 15 is 0 Å². The molecule has 0 aromatic heterocycles. The van der Waals surface area contributed by atoms with Crippen molar-refractivity contribution in [2.24, 2.45) is 5.92 Å². The van der Waals surface area contributed by atoms with E-state index in [0.29, 0.717) is 18.7 Å². The molecule has 0 unspecified atom stereocenters. The van der Waals surface area contributed by atoms with Crippen molar-refractivity contribution in [3.8, 4) is 0 Å². The average Bonchev–Trinajstić information content (AvgIpc) is 3.19. The number of hydrogen-bond donors (Lipinski definition) is 2. The molecule has 2 rings (SSSR count). The summed E-state index contributed by atoms with van der Waals surface area (Å²) in [4.78, 5) is 24.2. The molecule has 0 spiro atoms. The van der Waals surface area contributed by atoms with Gasteiger partial charge in [0.2, 0.25) is 15.9 Å². The van der Waals surface area contributed by atoms with Crippen LogP contribution in [0.5, 0.6) is 0 Å². The van der Waals surface area contributed by atoms with Crippen LogP contribution in [0.15, 0.2) is 29.2 Å². The van der Waals surface area contributed by atoms with Crippen molar-refractivity contribution in [3.05, 3.63) is 29.8 Å². The third-order valence-corrected chi connectivity index (χ3v) is 7.00. The molecule has 27 heavy (non-hydrogen) atoms. The number of amides is 2. The first-order valence-electron chi connectivity index (χ1n) is 9.37. The minimum absolute atomic E-state index is 0.0607. The molecular weight excluding hydrogens is 366 g/mol. The van der Waals surface area contributed by atoms with Gasteiger partial charge in [0, 0.05) is 37.7 Å². The minimum atomic E-state index is -3.57. The zero-order valence-electron chi connectivity index (χ0n) is 16.2. The lowest BCUT2D eigenvalue weighted by Gasteiger charge is -2.21. The second-order valence-electron chi connectivity index (χ2n) is 7.17. The van der Waals surface area contributed by atoms with Crippen LogP contribution >= 0.6 is 0 Å². The highest BCUT2D eigenvalue weighted by Gasteiger charge is 2.23. The third kappa shape index (κ3) is 5.52. The van der Waals surface area contributed by atoms with Gasteiger partial charge in [-0.2, -0.15) is 4.31 Å². The van der Waals surface area contributed by atoms with Crippen LogP contribution in [0.1, 0.15) is 49.9 Å². The SMILES string of the molecule is CC(C)N(C)S(=O)(=O)c1ccc(C(=O)NCCNC(=O)C2CCCC2)cc1. The fraction of sp³-hybridized carbons (Fsp3) is 0.579. The Morgan fingerprint density at radius 2 is 1.63 bits per heavy atom. The smallest absolute Gasteiger partial charge is 0.251 e. The van der Waals surface area contributed by atoms with Crippen molar-refractivity contribution < 1.29 is 18.0 Å². The van der Waals surface area contributed by atoms with E-state index in [4.69, 9.17) is 0 Å². The largest absolute Gasteiger partial charge is 0.354 e. The zero-order valence-corrected chi connectivity index (χ0v) is 17.0. The van der Waals surface area contributed by atoms with Crippen LogP contribution in [0.2, 0.25) is 0 Å². The molecule has 1 aliphatic rings. The van der Waals surface area contributed by atoms with Gasteiger partial charge in [-0.15, -0.1) is 0 Å². The molecule has 0 heterocycles. The fourth-order valence-electron chi connectivity index (χ4n) is 3.02. The molecule has 8 heteroatoms. The van der Waals surface area contributed by atoms with Gasteiger partial charge in [0.15, 0.2) is 0 Å². The summed E-state index contributed by atoms with van der Waals surface area (Å²) in [6.07, 6.45) is 4.10. The monoisotopic (exact) mass is 395 g/mol. The normalized spacial score (nSPS) is 15.3. The van der Waals surface area contributed by atoms with Crippen LogP contribution in [-0.2, 0) is 14.8 Å². The van der Waals surface area contributed by atoms with Crippen LogP contribution in [0.3, 0.4) is 0 Å². The van der Waals surface area contributed by atoms with E-state index in [-0.39, 0.29) is 28.7 Å². The second-order valence-corrected chi connectivity index (χ2v) is 9.17. The Hall–Kier alpha value is -1.93. The molecule has 0 atom stereocenters. The Kier molecular flexibility index (Phi) is 7.38. The maximum absolute atomic E-state index is 12.4. The molecule has 2 N–H and O–H groups in total. The van der Waals surface area contributed by atoms with Gasteiger partial charge in [0.25, 0.3) is 5.91 Å². The number of sulfonamides is 1. The maximum atomic E-state index is 12.4. The van der Waals surface area contributed by atoms with Crippen LogP contribution in [0.4, 0.5) is 0 Å². The molecule has 0 saturated heterocycles. The summed E-state index contributed by atoms with van der Waals surface area (Å²) in [5.41, 5.74) is 0.378. The fourth-order valence-corrected chi connectivity index (χ4v) is 4.39. The number of rotatable bonds is 8. The molecule has 1 aromatic carbocycles. The molecule has 1 aromatic rings. The van der Waals surface area contributed by atoms with E-state index in [1.807, 2.05) is 0 Å². The molecule has 0 radical (unpaired) electrons. The Morgan fingerprint density at radius 1 is 1.07 bits per heavy atom. The first-order chi connectivity index (χ1) is 12.7. The van der Waals surface area contributed by atoms with Gasteiger partial charge in [-0.05, 0) is 51.0 Å². The first kappa shape index (κ1) is 21.4. The van der Waals surface area contributed by atoms with Gasteiger partial charge in [0.05, 0.1) is 4.90 Å². The lowest BCUT2D eigenvalue weighted by molar-refractivity contribution is -0.124. The summed E-state index contributed by atoms with van der Waals surface area (Å²) in [5.74, 6) is -0.129. The van der Waals surface area contributed by atoms with E-state index in [0.717, 1.165) is 25.7 Å². The molecule has 1 fully saturated rings. The van der Waals surface area contributed by atoms with E-state index in [2.05, 4.69) is 10.6 Å². The third-order valence-electron chi connectivity index (χ3n) is 4.96. The van der Waals surface area contributed by atoms with E-state index in [9.17, 15) is 18.0 Å². The number of carbonyl (C=O) groups excluding carboxylic acids is 2. The molecule has 0 aliphatic heterocycles. The number of carbonyl (C=O) groups is 2. The zero-order chi connectivity index (χ0) is 20.0. The summed E-state index contributed by atoms with van der Waals surface area (Å²) in [7, 11) is -2.04. The lowest BCUT2D eigenvalue weighted by Crippen LogP contribution is -2.37. The highest BCUT2D eigenvalue weighted by Crippen LogP contribution is 2.24. The number of hydrogen-bond acceptors (Lipinski definition) is 4. The summed E-state index contributed by atoms with van der Waals surface area (Å²) < 4.78 is 26.1. The number of nitrogens with one attached hydrogen (secondary N) is 2. The number of nitrogens with zero attached hydrogens (tertiary/aromatic N) is 1. The Bertz CT molecular complexity index is 754. The van der Waals surface area contributed by atoms with Gasteiger partial charge in [0.1, 0.15) is 0 Å². The van der Waals surface area contributed by atoms with E-state index < -0.39 is 10.0 Å². The van der Waals surface area contributed by atoms with Gasteiger partial charge < -0.3 is 10.6 Å². The first-order valence-corrected chi connectivity index (χ1v) is 10.8. The molecule has 0 bridgehead atoms. The molecule has 150 valence electrons. The van der Waals surface area contributed by atoms with Crippen molar-refractivity contribution >= 4 is 21.8 Å². The molecule has 7 nitrogen and oxygen atoms in total. The van der Waals surface area contributed by atoms with Crippen LogP contribution in [0.25, 0.3) is 0 Å². The quantitative estimate of drug-likeness (QED) is 0.656. The summed E-state index contributed by atoms with van der Waals surface area (Å²) >= 11 is 0. The van der Waals surface area contributed by atoms with Crippen molar-refractivity contribution in [3.63, 3.8) is 0 Å². The lowest BCUT2D eigenvalue weighted by atomic mass is 10.1. The topological polar surface area (TPSA) is 95.6 Å². The van der Waals surface area contributed by atoms with E-state index in [1.165, 1.54) is 35.6 Å². The minimum Gasteiger partial charge on any atom is -0.354 e. The van der Waals surface area contributed by atoms with Crippen molar-refractivity contribution in [2.75, 3.05) is 20.1 Å². The Morgan fingerprint density at radius 3 is 2.19 bits per heavy atom. The number of benzene rings is 1. The van der Waals surface area contributed by atoms with Gasteiger partial charge in [-0.25, -0.2) is 8.42 Å². The second kappa shape index (κ2) is 9.32. The van der Waals surface area contributed by atoms with Gasteiger partial charge in [-0.1, -0.05) is 12.8 Å². The van der Waals surface area contributed by atoms with Crippen molar-refractivity contribution in [1.82, 2.24) is 14.9 Å².